The Balaban J connectivity index is 2.00. The summed E-state index contributed by atoms with van der Waals surface area (Å²) >= 11 is 0. The van der Waals surface area contributed by atoms with Crippen molar-refractivity contribution < 1.29 is 13.2 Å². The van der Waals surface area contributed by atoms with E-state index < -0.39 is 10.0 Å². The molecule has 0 unspecified atom stereocenters. The molecule has 2 rings (SSSR count). The number of amides is 1. The summed E-state index contributed by atoms with van der Waals surface area (Å²) in [5, 5.41) is 5.88. The molecule has 7 heteroatoms. The number of hydrogen-bond acceptors (Lipinski definition) is 4. The van der Waals surface area contributed by atoms with Crippen LogP contribution in [0, 0.1) is 0 Å². The van der Waals surface area contributed by atoms with E-state index in [1.807, 2.05) is 20.8 Å². The van der Waals surface area contributed by atoms with Gasteiger partial charge >= 0.3 is 0 Å². The second-order valence-electron chi connectivity index (χ2n) is 7.49. The molecule has 0 radical (unpaired) electrons. The zero-order chi connectivity index (χ0) is 18.5. The van der Waals surface area contributed by atoms with Crippen LogP contribution in [0.25, 0.3) is 0 Å². The Morgan fingerprint density at radius 3 is 2.12 bits per heavy atom. The van der Waals surface area contributed by atoms with Crippen molar-refractivity contribution in [3.05, 3.63) is 24.3 Å². The summed E-state index contributed by atoms with van der Waals surface area (Å²) in [5.74, 6) is -0.155. The van der Waals surface area contributed by atoms with Gasteiger partial charge in [0.2, 0.25) is 15.9 Å². The van der Waals surface area contributed by atoms with Crippen molar-refractivity contribution in [3.8, 4) is 0 Å². The minimum absolute atomic E-state index is 0.136. The molecule has 1 fully saturated rings. The summed E-state index contributed by atoms with van der Waals surface area (Å²) in [6.07, 6.45) is 3.99. The van der Waals surface area contributed by atoms with Crippen LogP contribution in [0.15, 0.2) is 29.2 Å². The van der Waals surface area contributed by atoms with Gasteiger partial charge in [-0.25, -0.2) is 8.42 Å². The maximum Gasteiger partial charge on any atom is 0.243 e. The molecule has 1 aliphatic rings. The molecule has 1 aromatic carbocycles. The summed E-state index contributed by atoms with van der Waals surface area (Å²) in [7, 11) is -3.45. The molecule has 1 aliphatic heterocycles. The van der Waals surface area contributed by atoms with Crippen LogP contribution in [0.1, 0.15) is 46.5 Å². The predicted octanol–water partition coefficient (Wildman–Crippen LogP) is 2.58. The van der Waals surface area contributed by atoms with E-state index in [1.54, 1.807) is 28.6 Å². The molecule has 0 spiro atoms. The van der Waals surface area contributed by atoms with E-state index >= 15 is 0 Å². The van der Waals surface area contributed by atoms with Crippen LogP contribution in [-0.2, 0) is 14.8 Å². The molecule has 0 bridgehead atoms. The molecule has 1 heterocycles. The molecule has 1 saturated heterocycles. The van der Waals surface area contributed by atoms with Crippen LogP contribution in [0.3, 0.4) is 0 Å². The number of nitrogens with one attached hydrogen (secondary N) is 2. The molecule has 1 amide bonds. The van der Waals surface area contributed by atoms with E-state index in [4.69, 9.17) is 0 Å². The Bertz CT molecular complexity index is 671. The normalized spacial score (nSPS) is 17.1. The smallest absolute Gasteiger partial charge is 0.243 e. The molecule has 1 aromatic rings. The maximum atomic E-state index is 12.7. The molecule has 25 heavy (non-hydrogen) atoms. The largest absolute Gasteiger partial charge is 0.325 e. The first-order valence-electron chi connectivity index (χ1n) is 8.84. The summed E-state index contributed by atoms with van der Waals surface area (Å²) in [6.45, 7) is 7.34. The third-order valence-corrected chi connectivity index (χ3v) is 6.03. The van der Waals surface area contributed by atoms with Gasteiger partial charge in [-0.3, -0.25) is 4.79 Å². The van der Waals surface area contributed by atoms with Crippen LogP contribution >= 0.6 is 0 Å². The van der Waals surface area contributed by atoms with Gasteiger partial charge in [0, 0.05) is 24.3 Å². The molecule has 0 aliphatic carbocycles. The highest BCUT2D eigenvalue weighted by atomic mass is 32.2. The predicted molar refractivity (Wildman–Crippen MR) is 100 cm³/mol. The number of carbonyl (C=O) groups is 1. The number of anilines is 1. The molecular weight excluding hydrogens is 338 g/mol. The van der Waals surface area contributed by atoms with Crippen molar-refractivity contribution in [2.24, 2.45) is 0 Å². The van der Waals surface area contributed by atoms with Gasteiger partial charge in [0.25, 0.3) is 0 Å². The fraction of sp³-hybridized carbons (Fsp3) is 0.611. The Kier molecular flexibility index (Phi) is 6.59. The molecule has 6 nitrogen and oxygen atoms in total. The SMILES string of the molecule is CC(C)(C)NCC(=O)Nc1ccc(S(=O)(=O)N2CCCCCC2)cc1. The standard InChI is InChI=1S/C18H29N3O3S/c1-18(2,3)19-14-17(22)20-15-8-10-16(11-9-15)25(23,24)21-12-6-4-5-7-13-21/h8-11,19H,4-7,12-14H2,1-3H3,(H,20,22). The Hall–Kier alpha value is -1.44. The molecule has 0 saturated carbocycles. The Labute approximate surface area is 151 Å². The van der Waals surface area contributed by atoms with Gasteiger partial charge in [0.15, 0.2) is 0 Å². The zero-order valence-electron chi connectivity index (χ0n) is 15.3. The van der Waals surface area contributed by atoms with E-state index in [9.17, 15) is 13.2 Å². The minimum Gasteiger partial charge on any atom is -0.325 e. The van der Waals surface area contributed by atoms with E-state index in [-0.39, 0.29) is 22.9 Å². The van der Waals surface area contributed by atoms with Gasteiger partial charge in [-0.2, -0.15) is 4.31 Å². The Morgan fingerprint density at radius 1 is 1.04 bits per heavy atom. The average Bonchev–Trinajstić information content (AvgIpc) is 2.83. The molecule has 0 aromatic heterocycles. The second kappa shape index (κ2) is 8.29. The fourth-order valence-corrected chi connectivity index (χ4v) is 4.21. The third-order valence-electron chi connectivity index (χ3n) is 4.12. The minimum atomic E-state index is -3.45. The van der Waals surface area contributed by atoms with Crippen molar-refractivity contribution in [2.45, 2.75) is 56.9 Å². The first-order chi connectivity index (χ1) is 11.7. The maximum absolute atomic E-state index is 12.7. The lowest BCUT2D eigenvalue weighted by atomic mass is 10.1. The highest BCUT2D eigenvalue weighted by Gasteiger charge is 2.25. The monoisotopic (exact) mass is 367 g/mol. The van der Waals surface area contributed by atoms with Crippen LogP contribution in [0.5, 0.6) is 0 Å². The van der Waals surface area contributed by atoms with Gasteiger partial charge in [-0.05, 0) is 57.9 Å². The summed E-state index contributed by atoms with van der Waals surface area (Å²) < 4.78 is 27.0. The van der Waals surface area contributed by atoms with Gasteiger partial charge < -0.3 is 10.6 Å². The van der Waals surface area contributed by atoms with Gasteiger partial charge in [0.1, 0.15) is 0 Å². The van der Waals surface area contributed by atoms with E-state index in [1.165, 1.54) is 0 Å². The lowest BCUT2D eigenvalue weighted by Gasteiger charge is -2.20. The van der Waals surface area contributed by atoms with Crippen molar-refractivity contribution >= 4 is 21.6 Å². The number of nitrogens with zero attached hydrogens (tertiary/aromatic N) is 1. The van der Waals surface area contributed by atoms with Crippen LogP contribution in [-0.4, -0.2) is 43.8 Å². The third kappa shape index (κ3) is 6.09. The number of rotatable bonds is 5. The number of benzene rings is 1. The number of carbonyl (C=O) groups excluding carboxylic acids is 1. The molecule has 140 valence electrons. The van der Waals surface area contributed by atoms with Gasteiger partial charge in [0.05, 0.1) is 11.4 Å². The molecular formula is C18H29N3O3S. The van der Waals surface area contributed by atoms with Gasteiger partial charge in [-0.15, -0.1) is 0 Å². The van der Waals surface area contributed by atoms with Crippen LogP contribution < -0.4 is 10.6 Å². The van der Waals surface area contributed by atoms with Crippen molar-refractivity contribution in [1.29, 1.82) is 0 Å². The van der Waals surface area contributed by atoms with Crippen LogP contribution in [0.4, 0.5) is 5.69 Å². The fourth-order valence-electron chi connectivity index (χ4n) is 2.69. The summed E-state index contributed by atoms with van der Waals surface area (Å²) in [6, 6.07) is 6.40. The topological polar surface area (TPSA) is 78.5 Å². The Morgan fingerprint density at radius 2 is 1.60 bits per heavy atom. The lowest BCUT2D eigenvalue weighted by Crippen LogP contribution is -2.41. The van der Waals surface area contributed by atoms with E-state index in [0.29, 0.717) is 18.8 Å². The highest BCUT2D eigenvalue weighted by Crippen LogP contribution is 2.21. The second-order valence-corrected chi connectivity index (χ2v) is 9.43. The first-order valence-corrected chi connectivity index (χ1v) is 10.3. The lowest BCUT2D eigenvalue weighted by molar-refractivity contribution is -0.115. The van der Waals surface area contributed by atoms with Crippen LogP contribution in [0.2, 0.25) is 0 Å². The van der Waals surface area contributed by atoms with Crippen molar-refractivity contribution in [3.63, 3.8) is 0 Å². The quantitative estimate of drug-likeness (QED) is 0.838. The van der Waals surface area contributed by atoms with Gasteiger partial charge in [-0.1, -0.05) is 12.8 Å². The van der Waals surface area contributed by atoms with Crippen molar-refractivity contribution in [2.75, 3.05) is 25.0 Å². The highest BCUT2D eigenvalue weighted by molar-refractivity contribution is 7.89. The molecule has 0 atom stereocenters. The summed E-state index contributed by atoms with van der Waals surface area (Å²) in [5.41, 5.74) is 0.457. The number of hydrogen-bond donors (Lipinski definition) is 2. The average molecular weight is 368 g/mol. The summed E-state index contributed by atoms with van der Waals surface area (Å²) in [4.78, 5) is 12.2. The van der Waals surface area contributed by atoms with E-state index in [0.717, 1.165) is 25.7 Å². The first kappa shape index (κ1) is 19.9. The molecule has 2 N–H and O–H groups in total. The van der Waals surface area contributed by atoms with E-state index in [2.05, 4.69) is 10.6 Å². The zero-order valence-corrected chi connectivity index (χ0v) is 16.2. The van der Waals surface area contributed by atoms with Crippen molar-refractivity contribution in [1.82, 2.24) is 9.62 Å². The number of sulfonamides is 1.